The summed E-state index contributed by atoms with van der Waals surface area (Å²) in [6.07, 6.45) is 2.14. The van der Waals surface area contributed by atoms with Crippen LogP contribution in [0.3, 0.4) is 0 Å². The molecular weight excluding hydrogens is 350 g/mol. The van der Waals surface area contributed by atoms with Crippen molar-refractivity contribution in [3.05, 3.63) is 46.4 Å². The molecule has 2 aromatic rings. The van der Waals surface area contributed by atoms with Gasteiger partial charge in [-0.25, -0.2) is 9.78 Å². The van der Waals surface area contributed by atoms with Gasteiger partial charge in [-0.15, -0.1) is 11.3 Å². The highest BCUT2D eigenvalue weighted by Crippen LogP contribution is 2.20. The Bertz CT molecular complexity index is 739. The van der Waals surface area contributed by atoms with Crippen molar-refractivity contribution in [1.82, 2.24) is 9.88 Å². The van der Waals surface area contributed by atoms with Gasteiger partial charge in [0, 0.05) is 24.2 Å². The number of ether oxygens (including phenoxy) is 1. The molecule has 26 heavy (non-hydrogen) atoms. The third kappa shape index (κ3) is 4.82. The van der Waals surface area contributed by atoms with Crippen LogP contribution in [0.2, 0.25) is 0 Å². The van der Waals surface area contributed by atoms with Gasteiger partial charge in [0.2, 0.25) is 0 Å². The number of aromatic nitrogens is 1. The maximum atomic E-state index is 12.3. The molecule has 1 saturated heterocycles. The minimum absolute atomic E-state index is 0.127. The van der Waals surface area contributed by atoms with E-state index in [1.807, 2.05) is 35.7 Å². The number of rotatable bonds is 5. The molecule has 1 fully saturated rings. The molecule has 2 amide bonds. The highest BCUT2D eigenvalue weighted by atomic mass is 32.1. The summed E-state index contributed by atoms with van der Waals surface area (Å²) in [6, 6.07) is 9.24. The Morgan fingerprint density at radius 1 is 1.27 bits per heavy atom. The number of aryl methyl sites for hydroxylation is 1. The van der Waals surface area contributed by atoms with Gasteiger partial charge in [0.05, 0.1) is 16.6 Å². The topological polar surface area (TPSA) is 71.5 Å². The lowest BCUT2D eigenvalue weighted by molar-refractivity contribution is -0.151. The summed E-state index contributed by atoms with van der Waals surface area (Å²) in [5.41, 5.74) is 1.58. The molecule has 3 rings (SSSR count). The molecule has 1 N–H and O–H groups in total. The van der Waals surface area contributed by atoms with Gasteiger partial charge in [0.15, 0.2) is 0 Å². The van der Waals surface area contributed by atoms with Gasteiger partial charge in [-0.2, -0.15) is 0 Å². The van der Waals surface area contributed by atoms with E-state index in [0.29, 0.717) is 25.9 Å². The lowest BCUT2D eigenvalue weighted by atomic mass is 9.97. The van der Waals surface area contributed by atoms with Crippen molar-refractivity contribution >= 4 is 29.0 Å². The number of urea groups is 1. The molecule has 0 atom stereocenters. The predicted octanol–water partition coefficient (Wildman–Crippen LogP) is 3.69. The Labute approximate surface area is 157 Å². The van der Waals surface area contributed by atoms with Gasteiger partial charge in [0.25, 0.3) is 0 Å². The minimum Gasteiger partial charge on any atom is -0.459 e. The summed E-state index contributed by atoms with van der Waals surface area (Å²) < 4.78 is 5.40. The fourth-order valence-corrected chi connectivity index (χ4v) is 3.61. The Kier molecular flexibility index (Phi) is 6.22. The lowest BCUT2D eigenvalue weighted by Crippen LogP contribution is -2.42. The van der Waals surface area contributed by atoms with Crippen LogP contribution in [-0.4, -0.2) is 35.0 Å². The van der Waals surface area contributed by atoms with E-state index in [0.717, 1.165) is 22.8 Å². The van der Waals surface area contributed by atoms with Gasteiger partial charge in [0.1, 0.15) is 6.61 Å². The Morgan fingerprint density at radius 3 is 2.65 bits per heavy atom. The summed E-state index contributed by atoms with van der Waals surface area (Å²) in [4.78, 5) is 30.7. The molecule has 6 nitrogen and oxygen atoms in total. The Balaban J connectivity index is 1.42. The van der Waals surface area contributed by atoms with E-state index in [2.05, 4.69) is 17.2 Å². The molecule has 0 radical (unpaired) electrons. The summed E-state index contributed by atoms with van der Waals surface area (Å²) in [5.74, 6) is -0.348. The maximum absolute atomic E-state index is 12.3. The maximum Gasteiger partial charge on any atom is 0.321 e. The number of nitrogens with one attached hydrogen (secondary N) is 1. The van der Waals surface area contributed by atoms with Crippen LogP contribution >= 0.6 is 11.3 Å². The number of nitrogens with zero attached hydrogens (tertiary/aromatic N) is 2. The minimum atomic E-state index is -0.195. The van der Waals surface area contributed by atoms with Crippen LogP contribution in [0.15, 0.2) is 35.7 Å². The first-order chi connectivity index (χ1) is 12.7. The van der Waals surface area contributed by atoms with Crippen LogP contribution in [0.5, 0.6) is 0 Å². The number of piperidine rings is 1. The first-order valence-corrected chi connectivity index (χ1v) is 9.74. The third-order valence-corrected chi connectivity index (χ3v) is 5.45. The first-order valence-electron chi connectivity index (χ1n) is 8.86. The number of para-hydroxylation sites is 1. The largest absolute Gasteiger partial charge is 0.459 e. The molecule has 2 heterocycles. The molecule has 138 valence electrons. The average Bonchev–Trinajstić information content (AvgIpc) is 3.15. The van der Waals surface area contributed by atoms with Gasteiger partial charge in [-0.1, -0.05) is 25.1 Å². The first kappa shape index (κ1) is 18.4. The highest BCUT2D eigenvalue weighted by Gasteiger charge is 2.28. The van der Waals surface area contributed by atoms with Crippen molar-refractivity contribution in [1.29, 1.82) is 0 Å². The molecule has 7 heteroatoms. The van der Waals surface area contributed by atoms with Gasteiger partial charge >= 0.3 is 12.0 Å². The summed E-state index contributed by atoms with van der Waals surface area (Å²) >= 11 is 1.59. The van der Waals surface area contributed by atoms with E-state index in [1.54, 1.807) is 16.2 Å². The van der Waals surface area contributed by atoms with Crippen LogP contribution in [0.4, 0.5) is 10.5 Å². The zero-order valence-electron chi connectivity index (χ0n) is 14.8. The van der Waals surface area contributed by atoms with Crippen molar-refractivity contribution in [2.45, 2.75) is 32.8 Å². The number of benzene rings is 1. The summed E-state index contributed by atoms with van der Waals surface area (Å²) in [7, 11) is 0. The number of anilines is 1. The monoisotopic (exact) mass is 373 g/mol. The number of carbonyl (C=O) groups is 2. The molecule has 1 aliphatic heterocycles. The molecule has 1 aromatic carbocycles. The number of hydrogen-bond donors (Lipinski definition) is 1. The predicted molar refractivity (Wildman–Crippen MR) is 101 cm³/mol. The number of likely N-dealkylation sites (tertiary alicyclic amines) is 1. The Hall–Kier alpha value is -2.41. The fourth-order valence-electron chi connectivity index (χ4n) is 2.88. The molecule has 0 spiro atoms. The van der Waals surface area contributed by atoms with E-state index in [-0.39, 0.29) is 24.5 Å². The van der Waals surface area contributed by atoms with E-state index >= 15 is 0 Å². The van der Waals surface area contributed by atoms with Crippen LogP contribution in [-0.2, 0) is 22.6 Å². The summed E-state index contributed by atoms with van der Waals surface area (Å²) in [5, 5.41) is 5.86. The third-order valence-electron chi connectivity index (χ3n) is 4.40. The molecule has 1 aromatic heterocycles. The van der Waals surface area contributed by atoms with Crippen molar-refractivity contribution in [2.75, 3.05) is 18.4 Å². The van der Waals surface area contributed by atoms with Crippen LogP contribution in [0.1, 0.15) is 30.5 Å². The average molecular weight is 373 g/mol. The quantitative estimate of drug-likeness (QED) is 0.812. The lowest BCUT2D eigenvalue weighted by Gasteiger charge is -2.30. The molecule has 1 aliphatic rings. The number of hydrogen-bond acceptors (Lipinski definition) is 5. The zero-order chi connectivity index (χ0) is 18.4. The standard InChI is InChI=1S/C19H23N3O3S/c1-2-17-20-16(13-26-17)12-25-18(23)14-8-10-22(11-9-14)19(24)21-15-6-4-3-5-7-15/h3-7,13-14H,2,8-12H2,1H3,(H,21,24). The van der Waals surface area contributed by atoms with Crippen molar-refractivity contribution in [3.8, 4) is 0 Å². The second kappa shape index (κ2) is 8.80. The molecule has 0 unspecified atom stereocenters. The highest BCUT2D eigenvalue weighted by molar-refractivity contribution is 7.09. The Morgan fingerprint density at radius 2 is 2.00 bits per heavy atom. The number of carbonyl (C=O) groups excluding carboxylic acids is 2. The molecule has 0 bridgehead atoms. The van der Waals surface area contributed by atoms with Crippen molar-refractivity contribution < 1.29 is 14.3 Å². The van der Waals surface area contributed by atoms with E-state index in [9.17, 15) is 9.59 Å². The number of thiazole rings is 1. The van der Waals surface area contributed by atoms with Gasteiger partial charge < -0.3 is 15.0 Å². The molecule has 0 saturated carbocycles. The molecular formula is C19H23N3O3S. The van der Waals surface area contributed by atoms with Gasteiger partial charge in [-0.05, 0) is 31.4 Å². The normalized spacial score (nSPS) is 14.9. The van der Waals surface area contributed by atoms with Crippen LogP contribution in [0, 0.1) is 5.92 Å². The molecule has 0 aliphatic carbocycles. The van der Waals surface area contributed by atoms with Crippen LogP contribution < -0.4 is 5.32 Å². The summed E-state index contributed by atoms with van der Waals surface area (Å²) in [6.45, 7) is 3.38. The SMILES string of the molecule is CCc1nc(COC(=O)C2CCN(C(=O)Nc3ccccc3)CC2)cs1. The van der Waals surface area contributed by atoms with E-state index in [4.69, 9.17) is 4.74 Å². The number of esters is 1. The van der Waals surface area contributed by atoms with Crippen molar-refractivity contribution in [3.63, 3.8) is 0 Å². The van der Waals surface area contributed by atoms with Crippen LogP contribution in [0.25, 0.3) is 0 Å². The smallest absolute Gasteiger partial charge is 0.321 e. The van der Waals surface area contributed by atoms with Crippen molar-refractivity contribution in [2.24, 2.45) is 5.92 Å². The second-order valence-electron chi connectivity index (χ2n) is 6.25. The second-order valence-corrected chi connectivity index (χ2v) is 7.19. The van der Waals surface area contributed by atoms with Gasteiger partial charge in [-0.3, -0.25) is 4.79 Å². The van der Waals surface area contributed by atoms with E-state index < -0.39 is 0 Å². The number of amides is 2. The fraction of sp³-hybridized carbons (Fsp3) is 0.421. The van der Waals surface area contributed by atoms with E-state index in [1.165, 1.54) is 0 Å². The zero-order valence-corrected chi connectivity index (χ0v) is 15.6.